The van der Waals surface area contributed by atoms with Gasteiger partial charge in [0.05, 0.1) is 31.3 Å². The van der Waals surface area contributed by atoms with E-state index in [9.17, 15) is 13.0 Å². The minimum absolute atomic E-state index is 0.223. The Bertz CT molecular complexity index is 539. The summed E-state index contributed by atoms with van der Waals surface area (Å²) in [5, 5.41) is 2.25. The van der Waals surface area contributed by atoms with E-state index >= 15 is 0 Å². The third-order valence-electron chi connectivity index (χ3n) is 1.79. The summed E-state index contributed by atoms with van der Waals surface area (Å²) in [5.74, 6) is 0. The van der Waals surface area contributed by atoms with Crippen molar-refractivity contribution in [1.82, 2.24) is 4.98 Å². The van der Waals surface area contributed by atoms with Crippen LogP contribution >= 0.6 is 18.9 Å². The molecule has 0 atom stereocenters. The Morgan fingerprint density at radius 2 is 2.05 bits per heavy atom. The minimum Gasteiger partial charge on any atom is -0.375 e. The van der Waals surface area contributed by atoms with Crippen LogP contribution in [0.25, 0.3) is 0 Å². The van der Waals surface area contributed by atoms with Gasteiger partial charge in [-0.05, 0) is 6.42 Å². The Morgan fingerprint density at radius 1 is 1.53 bits per heavy atom. The summed E-state index contributed by atoms with van der Waals surface area (Å²) in [6, 6.07) is 0. The van der Waals surface area contributed by atoms with Crippen LogP contribution < -0.4 is 5.73 Å². The van der Waals surface area contributed by atoms with Crippen molar-refractivity contribution in [2.75, 3.05) is 25.2 Å². The summed E-state index contributed by atoms with van der Waals surface area (Å²) in [4.78, 5) is 4.01. The first-order valence-electron chi connectivity index (χ1n) is 5.18. The lowest BCUT2D eigenvalue weighted by Gasteiger charge is -2.21. The van der Waals surface area contributed by atoms with Crippen LogP contribution in [0, 0.1) is 0 Å². The normalized spacial score (nSPS) is 18.4. The van der Waals surface area contributed by atoms with Crippen LogP contribution in [0.3, 0.4) is 0 Å². The molecule has 3 N–H and O–H groups in total. The van der Waals surface area contributed by atoms with Gasteiger partial charge in [-0.2, -0.15) is 8.42 Å². The number of rotatable bonds is 2. The number of nitrogens with zero attached hydrogens (tertiary/aromatic N) is 1. The lowest BCUT2D eigenvalue weighted by atomic mass is 10.5. The van der Waals surface area contributed by atoms with Crippen molar-refractivity contribution < 1.29 is 26.6 Å². The average molecular weight is 330 g/mol. The second-order valence-electron chi connectivity index (χ2n) is 3.70. The summed E-state index contributed by atoms with van der Waals surface area (Å²) in [5.41, 5.74) is 6.14. The van der Waals surface area contributed by atoms with Gasteiger partial charge in [0.15, 0.2) is 5.13 Å². The highest BCUT2D eigenvalue weighted by molar-refractivity contribution is 7.85. The van der Waals surface area contributed by atoms with Gasteiger partial charge in [0, 0.05) is 5.38 Å². The van der Waals surface area contributed by atoms with Crippen molar-refractivity contribution >= 4 is 34.2 Å². The molecular formula is C8H15N2O6PS2. The number of nitrogens with two attached hydrogens (primary N) is 1. The Kier molecular flexibility index (Phi) is 5.90. The second-order valence-corrected chi connectivity index (χ2v) is 8.11. The van der Waals surface area contributed by atoms with Gasteiger partial charge in [0.2, 0.25) is 0 Å². The van der Waals surface area contributed by atoms with Gasteiger partial charge in [0.25, 0.3) is 10.1 Å². The number of anilines is 1. The average Bonchev–Trinajstić information content (AvgIpc) is 2.61. The standard InChI is InChI=1S/C7H11N2O3PS.CH4O3S/c8-7-9-6(5-14-7)4-13(10)11-2-1-3-12-13;1-5(2,3)4/h5H,1-4H2,(H2,8,9);1H3,(H,2,3,4). The fourth-order valence-corrected chi connectivity index (χ4v) is 3.51. The summed E-state index contributed by atoms with van der Waals surface area (Å²) in [6.45, 7) is 0.994. The highest BCUT2D eigenvalue weighted by Gasteiger charge is 2.29. The fourth-order valence-electron chi connectivity index (χ4n) is 1.19. The first kappa shape index (κ1) is 16.5. The van der Waals surface area contributed by atoms with Crippen molar-refractivity contribution in [1.29, 1.82) is 0 Å². The molecule has 0 saturated carbocycles. The lowest BCUT2D eigenvalue weighted by Crippen LogP contribution is -2.09. The van der Waals surface area contributed by atoms with E-state index < -0.39 is 17.7 Å². The van der Waals surface area contributed by atoms with E-state index in [0.717, 1.165) is 6.42 Å². The number of hydrogen-bond acceptors (Lipinski definition) is 8. The maximum atomic E-state index is 11.9. The van der Waals surface area contributed by atoms with Gasteiger partial charge >= 0.3 is 7.60 Å². The first-order chi connectivity index (χ1) is 8.68. The van der Waals surface area contributed by atoms with Crippen LogP contribution in [0.1, 0.15) is 12.1 Å². The van der Waals surface area contributed by atoms with Crippen LogP contribution in [0.2, 0.25) is 0 Å². The molecule has 0 spiro atoms. The Hall–Kier alpha value is -0.510. The Balaban J connectivity index is 0.000000312. The fraction of sp³-hybridized carbons (Fsp3) is 0.625. The zero-order chi connectivity index (χ0) is 14.5. The number of thiazole rings is 1. The van der Waals surface area contributed by atoms with Gasteiger partial charge in [0.1, 0.15) is 0 Å². The third kappa shape index (κ3) is 7.61. The van der Waals surface area contributed by atoms with Crippen molar-refractivity contribution in [3.63, 3.8) is 0 Å². The van der Waals surface area contributed by atoms with E-state index in [4.69, 9.17) is 19.3 Å². The molecule has 1 aromatic heterocycles. The molecule has 11 heteroatoms. The van der Waals surface area contributed by atoms with Gasteiger partial charge in [-0.1, -0.05) is 0 Å². The maximum Gasteiger partial charge on any atom is 0.336 e. The largest absolute Gasteiger partial charge is 0.375 e. The molecule has 0 amide bonds. The molecule has 0 radical (unpaired) electrons. The zero-order valence-corrected chi connectivity index (χ0v) is 12.7. The summed E-state index contributed by atoms with van der Waals surface area (Å²) < 4.78 is 48.0. The van der Waals surface area contributed by atoms with E-state index in [1.54, 1.807) is 5.38 Å². The highest BCUT2D eigenvalue weighted by atomic mass is 32.2. The molecule has 1 aliphatic heterocycles. The molecule has 1 aliphatic rings. The molecule has 1 aromatic rings. The molecule has 1 saturated heterocycles. The molecule has 0 aromatic carbocycles. The summed E-state index contributed by atoms with van der Waals surface area (Å²) in [6.07, 6.45) is 1.73. The molecule has 1 fully saturated rings. The smallest absolute Gasteiger partial charge is 0.336 e. The Labute approximate surface area is 115 Å². The number of aromatic nitrogens is 1. The van der Waals surface area contributed by atoms with Crippen LogP contribution in [-0.2, 0) is 29.9 Å². The predicted molar refractivity (Wildman–Crippen MR) is 71.8 cm³/mol. The monoisotopic (exact) mass is 330 g/mol. The summed E-state index contributed by atoms with van der Waals surface area (Å²) >= 11 is 1.33. The SMILES string of the molecule is CS(=O)(=O)O.Nc1nc(CP2(=O)OCCCO2)cs1. The highest BCUT2D eigenvalue weighted by Crippen LogP contribution is 2.53. The molecule has 0 unspecified atom stereocenters. The van der Waals surface area contributed by atoms with Crippen molar-refractivity contribution in [3.05, 3.63) is 11.1 Å². The molecule has 19 heavy (non-hydrogen) atoms. The number of nitrogen functional groups attached to an aromatic ring is 1. The third-order valence-corrected chi connectivity index (χ3v) is 4.38. The summed E-state index contributed by atoms with van der Waals surface area (Å²) in [7, 11) is -6.60. The van der Waals surface area contributed by atoms with E-state index in [2.05, 4.69) is 4.98 Å². The molecule has 2 heterocycles. The van der Waals surface area contributed by atoms with Gasteiger partial charge in [-0.25, -0.2) is 4.98 Å². The Morgan fingerprint density at radius 3 is 2.47 bits per heavy atom. The molecule has 110 valence electrons. The van der Waals surface area contributed by atoms with E-state index in [1.807, 2.05) is 0 Å². The molecule has 0 bridgehead atoms. The van der Waals surface area contributed by atoms with E-state index in [0.29, 0.717) is 30.3 Å². The minimum atomic E-state index is -3.67. The molecule has 8 nitrogen and oxygen atoms in total. The predicted octanol–water partition coefficient (Wildman–Crippen LogP) is 1.36. The van der Waals surface area contributed by atoms with E-state index in [1.165, 1.54) is 11.3 Å². The van der Waals surface area contributed by atoms with Crippen molar-refractivity contribution in [2.45, 2.75) is 12.6 Å². The van der Waals surface area contributed by atoms with Crippen LogP contribution in [0.4, 0.5) is 5.13 Å². The zero-order valence-electron chi connectivity index (χ0n) is 10.2. The lowest BCUT2D eigenvalue weighted by molar-refractivity contribution is 0.145. The number of hydrogen-bond donors (Lipinski definition) is 2. The van der Waals surface area contributed by atoms with Gasteiger partial charge in [-0.3, -0.25) is 9.12 Å². The second kappa shape index (κ2) is 6.78. The molecular weight excluding hydrogens is 315 g/mol. The van der Waals surface area contributed by atoms with E-state index in [-0.39, 0.29) is 6.16 Å². The molecule has 2 rings (SSSR count). The van der Waals surface area contributed by atoms with Gasteiger partial charge in [-0.15, -0.1) is 11.3 Å². The van der Waals surface area contributed by atoms with Gasteiger partial charge < -0.3 is 14.8 Å². The van der Waals surface area contributed by atoms with Crippen molar-refractivity contribution in [2.24, 2.45) is 0 Å². The van der Waals surface area contributed by atoms with Crippen LogP contribution in [-0.4, -0.2) is 37.4 Å². The topological polar surface area (TPSA) is 129 Å². The van der Waals surface area contributed by atoms with Crippen LogP contribution in [0.5, 0.6) is 0 Å². The quantitative estimate of drug-likeness (QED) is 0.614. The van der Waals surface area contributed by atoms with Crippen LogP contribution in [0.15, 0.2) is 5.38 Å². The maximum absolute atomic E-state index is 11.9. The van der Waals surface area contributed by atoms with Crippen molar-refractivity contribution in [3.8, 4) is 0 Å². The molecule has 0 aliphatic carbocycles. The first-order valence-corrected chi connectivity index (χ1v) is 9.64.